The molecule has 0 heterocycles. The third-order valence-electron chi connectivity index (χ3n) is 4.14. The van der Waals surface area contributed by atoms with Crippen molar-refractivity contribution in [3.05, 3.63) is 35.6 Å². The van der Waals surface area contributed by atoms with Gasteiger partial charge in [0, 0.05) is 13.7 Å². The Morgan fingerprint density at radius 2 is 1.95 bits per heavy atom. The van der Waals surface area contributed by atoms with Crippen LogP contribution < -0.4 is 0 Å². The molecule has 1 N–H and O–H groups in total. The van der Waals surface area contributed by atoms with E-state index in [-0.39, 0.29) is 31.2 Å². The minimum atomic E-state index is -1.07. The van der Waals surface area contributed by atoms with Crippen molar-refractivity contribution >= 4 is 11.9 Å². The molecule has 1 aromatic carbocycles. The summed E-state index contributed by atoms with van der Waals surface area (Å²) in [6.45, 7) is -0.235. The van der Waals surface area contributed by atoms with Crippen LogP contribution in [0.15, 0.2) is 24.3 Å². The van der Waals surface area contributed by atoms with Gasteiger partial charge in [0.1, 0.15) is 12.4 Å². The van der Waals surface area contributed by atoms with Crippen LogP contribution in [0.1, 0.15) is 31.2 Å². The summed E-state index contributed by atoms with van der Waals surface area (Å²) in [6, 6.07) is 5.68. The lowest BCUT2D eigenvalue weighted by Crippen LogP contribution is -2.46. The Morgan fingerprint density at radius 1 is 1.32 bits per heavy atom. The number of carbonyl (C=O) groups excluding carboxylic acids is 1. The highest BCUT2D eigenvalue weighted by Gasteiger charge is 2.40. The monoisotopic (exact) mass is 309 g/mol. The molecule has 5 nitrogen and oxygen atoms in total. The van der Waals surface area contributed by atoms with Crippen molar-refractivity contribution in [2.45, 2.75) is 37.8 Å². The molecule has 1 saturated carbocycles. The molecule has 1 aliphatic carbocycles. The van der Waals surface area contributed by atoms with Crippen molar-refractivity contribution in [3.8, 4) is 0 Å². The summed E-state index contributed by atoms with van der Waals surface area (Å²) < 4.78 is 18.3. The molecule has 0 saturated heterocycles. The fourth-order valence-electron chi connectivity index (χ4n) is 2.62. The first-order valence-corrected chi connectivity index (χ1v) is 7.23. The van der Waals surface area contributed by atoms with Gasteiger partial charge in [-0.2, -0.15) is 0 Å². The number of carboxylic acids is 1. The summed E-state index contributed by atoms with van der Waals surface area (Å²) in [6.07, 6.45) is 2.81. The molecule has 1 aliphatic rings. The van der Waals surface area contributed by atoms with Crippen LogP contribution in [-0.2, 0) is 20.9 Å². The van der Waals surface area contributed by atoms with E-state index in [0.29, 0.717) is 5.56 Å². The van der Waals surface area contributed by atoms with Crippen LogP contribution in [0.5, 0.6) is 0 Å². The molecule has 6 heteroatoms. The van der Waals surface area contributed by atoms with Gasteiger partial charge in [0.15, 0.2) is 0 Å². The predicted octanol–water partition coefficient (Wildman–Crippen LogP) is 2.20. The largest absolute Gasteiger partial charge is 0.480 e. The molecule has 0 aromatic heterocycles. The van der Waals surface area contributed by atoms with Gasteiger partial charge >= 0.3 is 5.97 Å². The van der Waals surface area contributed by atoms with Crippen molar-refractivity contribution in [1.82, 2.24) is 4.90 Å². The van der Waals surface area contributed by atoms with Gasteiger partial charge in [-0.25, -0.2) is 4.39 Å². The molecular formula is C16H20FNO4. The van der Waals surface area contributed by atoms with Crippen LogP contribution in [-0.4, -0.2) is 41.1 Å². The van der Waals surface area contributed by atoms with E-state index >= 15 is 0 Å². The minimum Gasteiger partial charge on any atom is -0.480 e. The Kier molecular flexibility index (Phi) is 5.13. The minimum absolute atomic E-state index is 0.144. The number of hydrogen-bond donors (Lipinski definition) is 1. The number of halogens is 1. The van der Waals surface area contributed by atoms with E-state index in [4.69, 9.17) is 9.84 Å². The predicted molar refractivity (Wildman–Crippen MR) is 77.7 cm³/mol. The highest BCUT2D eigenvalue weighted by molar-refractivity contribution is 5.82. The van der Waals surface area contributed by atoms with Crippen molar-refractivity contribution in [2.75, 3.05) is 13.7 Å². The lowest BCUT2D eigenvalue weighted by Gasteiger charge is -2.41. The number of aliphatic carboxylic acids is 1. The van der Waals surface area contributed by atoms with E-state index in [1.54, 1.807) is 19.2 Å². The first-order chi connectivity index (χ1) is 10.4. The molecule has 0 bridgehead atoms. The number of ether oxygens (including phenoxy) is 1. The molecule has 22 heavy (non-hydrogen) atoms. The van der Waals surface area contributed by atoms with E-state index in [1.807, 2.05) is 0 Å². The van der Waals surface area contributed by atoms with E-state index in [0.717, 1.165) is 19.3 Å². The molecule has 1 amide bonds. The number of methoxy groups -OCH3 is 1. The molecule has 0 atom stereocenters. The van der Waals surface area contributed by atoms with Crippen LogP contribution in [0.25, 0.3) is 0 Å². The molecule has 0 radical (unpaired) electrons. The quantitative estimate of drug-likeness (QED) is 0.838. The lowest BCUT2D eigenvalue weighted by atomic mass is 9.77. The van der Waals surface area contributed by atoms with Gasteiger partial charge in [0.2, 0.25) is 5.91 Å². The number of hydrogen-bond acceptors (Lipinski definition) is 3. The van der Waals surface area contributed by atoms with E-state index in [1.165, 1.54) is 17.0 Å². The molecule has 1 aromatic rings. The number of carbonyl (C=O) groups is 2. The van der Waals surface area contributed by atoms with Gasteiger partial charge in [-0.05, 0) is 37.0 Å². The second-order valence-electron chi connectivity index (χ2n) is 5.69. The van der Waals surface area contributed by atoms with Gasteiger partial charge in [-0.1, -0.05) is 12.1 Å². The fraction of sp³-hybridized carbons (Fsp3) is 0.500. The molecular weight excluding hydrogens is 289 g/mol. The zero-order valence-corrected chi connectivity index (χ0v) is 12.5. The molecule has 1 fully saturated rings. The summed E-state index contributed by atoms with van der Waals surface area (Å²) in [4.78, 5) is 24.7. The standard InChI is InChI=1S/C16H20FNO4/c1-22-16(7-2-8-16)9-14(19)18(11-15(20)21)10-12-3-5-13(17)6-4-12/h3-6H,2,7-11H2,1H3,(H,20,21). The Bertz CT molecular complexity index is 534. The summed E-state index contributed by atoms with van der Waals surface area (Å²) in [5.74, 6) is -1.70. The van der Waals surface area contributed by atoms with Crippen LogP contribution in [0, 0.1) is 5.82 Å². The zero-order valence-electron chi connectivity index (χ0n) is 12.5. The normalized spacial score (nSPS) is 15.9. The first kappa shape index (κ1) is 16.4. The van der Waals surface area contributed by atoms with Crippen LogP contribution in [0.4, 0.5) is 4.39 Å². The second kappa shape index (κ2) is 6.87. The summed E-state index contributed by atoms with van der Waals surface area (Å²) in [7, 11) is 1.58. The number of nitrogens with zero attached hydrogens (tertiary/aromatic N) is 1. The molecule has 0 spiro atoms. The van der Waals surface area contributed by atoms with Crippen molar-refractivity contribution in [3.63, 3.8) is 0 Å². The third-order valence-corrected chi connectivity index (χ3v) is 4.14. The van der Waals surface area contributed by atoms with Crippen molar-refractivity contribution in [2.24, 2.45) is 0 Å². The number of rotatable bonds is 7. The SMILES string of the molecule is COC1(CC(=O)N(CC(=O)O)Cc2ccc(F)cc2)CCC1. The van der Waals surface area contributed by atoms with Gasteiger partial charge in [0.25, 0.3) is 0 Å². The lowest BCUT2D eigenvalue weighted by molar-refractivity contribution is -0.151. The maximum absolute atomic E-state index is 12.9. The maximum Gasteiger partial charge on any atom is 0.323 e. The van der Waals surface area contributed by atoms with Crippen molar-refractivity contribution in [1.29, 1.82) is 0 Å². The van der Waals surface area contributed by atoms with Crippen molar-refractivity contribution < 1.29 is 23.8 Å². The highest BCUT2D eigenvalue weighted by atomic mass is 19.1. The Labute approximate surface area is 128 Å². The molecule has 0 unspecified atom stereocenters. The number of amides is 1. The first-order valence-electron chi connectivity index (χ1n) is 7.23. The summed E-state index contributed by atoms with van der Waals surface area (Å²) >= 11 is 0. The topological polar surface area (TPSA) is 66.8 Å². The fourth-order valence-corrected chi connectivity index (χ4v) is 2.62. The number of carboxylic acid groups (broad SMARTS) is 1. The third kappa shape index (κ3) is 4.04. The van der Waals surface area contributed by atoms with Crippen LogP contribution in [0.3, 0.4) is 0 Å². The zero-order chi connectivity index (χ0) is 16.2. The summed E-state index contributed by atoms with van der Waals surface area (Å²) in [5, 5.41) is 9.00. The second-order valence-corrected chi connectivity index (χ2v) is 5.69. The Morgan fingerprint density at radius 3 is 2.41 bits per heavy atom. The van der Waals surface area contributed by atoms with E-state index in [2.05, 4.69) is 0 Å². The summed E-state index contributed by atoms with van der Waals surface area (Å²) in [5.41, 5.74) is 0.243. The van der Waals surface area contributed by atoms with E-state index in [9.17, 15) is 14.0 Å². The molecule has 120 valence electrons. The number of benzene rings is 1. The molecule has 2 rings (SSSR count). The average Bonchev–Trinajstić information content (AvgIpc) is 2.44. The van der Waals surface area contributed by atoms with Gasteiger partial charge in [0.05, 0.1) is 12.0 Å². The van der Waals surface area contributed by atoms with Crippen LogP contribution >= 0.6 is 0 Å². The Balaban J connectivity index is 2.06. The van der Waals surface area contributed by atoms with Gasteiger partial charge in [-0.15, -0.1) is 0 Å². The average molecular weight is 309 g/mol. The van der Waals surface area contributed by atoms with Gasteiger partial charge < -0.3 is 14.7 Å². The van der Waals surface area contributed by atoms with Gasteiger partial charge in [-0.3, -0.25) is 9.59 Å². The Hall–Kier alpha value is -1.95. The van der Waals surface area contributed by atoms with E-state index < -0.39 is 11.6 Å². The highest BCUT2D eigenvalue weighted by Crippen LogP contribution is 2.38. The van der Waals surface area contributed by atoms with Crippen LogP contribution in [0.2, 0.25) is 0 Å². The molecule has 0 aliphatic heterocycles. The maximum atomic E-state index is 12.9. The smallest absolute Gasteiger partial charge is 0.323 e.